The van der Waals surface area contributed by atoms with Crippen LogP contribution in [0.2, 0.25) is 0 Å². The van der Waals surface area contributed by atoms with E-state index in [0.29, 0.717) is 10.9 Å². The molecule has 19 heavy (non-hydrogen) atoms. The Morgan fingerprint density at radius 3 is 2.42 bits per heavy atom. The van der Waals surface area contributed by atoms with Gasteiger partial charge in [-0.1, -0.05) is 6.42 Å². The molecule has 0 unspecified atom stereocenters. The molecule has 0 saturated heterocycles. The summed E-state index contributed by atoms with van der Waals surface area (Å²) in [6, 6.07) is 3.73. The van der Waals surface area contributed by atoms with Gasteiger partial charge in [0.25, 0.3) is 11.4 Å². The average Bonchev–Trinajstić information content (AvgIpc) is 2.32. The van der Waals surface area contributed by atoms with Gasteiger partial charge in [-0.2, -0.15) is 0 Å². The molecule has 1 saturated carbocycles. The number of benzene rings is 1. The van der Waals surface area contributed by atoms with Crippen molar-refractivity contribution >= 4 is 29.0 Å². The molecule has 1 aliphatic carbocycles. The van der Waals surface area contributed by atoms with Gasteiger partial charge in [0.05, 0.1) is 15.9 Å². The number of hydrogen-bond donors (Lipinski definition) is 0. The van der Waals surface area contributed by atoms with Crippen LogP contribution in [-0.2, 0) is 0 Å². The third-order valence-electron chi connectivity index (χ3n) is 3.07. The quantitative estimate of drug-likeness (QED) is 0.468. The Kier molecular flexibility index (Phi) is 3.89. The van der Waals surface area contributed by atoms with Crippen LogP contribution in [0.3, 0.4) is 0 Å². The minimum Gasteiger partial charge on any atom is -0.313 e. The molecule has 0 amide bonds. The van der Waals surface area contributed by atoms with Crippen molar-refractivity contribution in [3.63, 3.8) is 0 Å². The third kappa shape index (κ3) is 2.95. The Balaban J connectivity index is 2.27. The van der Waals surface area contributed by atoms with Crippen molar-refractivity contribution in [2.24, 2.45) is 0 Å². The fourth-order valence-electron chi connectivity index (χ4n) is 1.79. The second-order valence-electron chi connectivity index (χ2n) is 4.34. The maximum atomic E-state index is 11.0. The van der Waals surface area contributed by atoms with E-state index in [-0.39, 0.29) is 11.4 Å². The smallest absolute Gasteiger partial charge is 0.300 e. The van der Waals surface area contributed by atoms with Crippen molar-refractivity contribution in [1.82, 2.24) is 0 Å². The van der Waals surface area contributed by atoms with E-state index >= 15 is 0 Å². The van der Waals surface area contributed by atoms with Crippen LogP contribution in [0, 0.1) is 20.2 Å². The van der Waals surface area contributed by atoms with E-state index in [2.05, 4.69) is 0 Å². The minimum atomic E-state index is -0.629. The fraction of sp³-hybridized carbons (Fsp3) is 0.455. The van der Waals surface area contributed by atoms with Gasteiger partial charge in [-0.25, -0.2) is 0 Å². The van der Waals surface area contributed by atoms with Crippen LogP contribution in [-0.4, -0.2) is 22.1 Å². The molecule has 0 aromatic heterocycles. The second kappa shape index (κ2) is 5.43. The van der Waals surface area contributed by atoms with E-state index in [9.17, 15) is 20.2 Å². The SMILES string of the molecule is CN(SC1CCC1)c1ccc([N+](=O)[O-])cc1[N+](=O)[O-]. The Labute approximate surface area is 114 Å². The lowest BCUT2D eigenvalue weighted by Crippen LogP contribution is -2.21. The molecule has 2 rings (SSSR count). The number of non-ortho nitro benzene ring substituents is 1. The van der Waals surface area contributed by atoms with Crippen molar-refractivity contribution in [3.8, 4) is 0 Å². The number of rotatable bonds is 5. The molecule has 1 fully saturated rings. The molecular weight excluding hydrogens is 270 g/mol. The number of nitro benzene ring substituents is 2. The van der Waals surface area contributed by atoms with Gasteiger partial charge >= 0.3 is 0 Å². The van der Waals surface area contributed by atoms with Gasteiger partial charge in [-0.05, 0) is 30.9 Å². The first kappa shape index (κ1) is 13.6. The molecule has 0 spiro atoms. The monoisotopic (exact) mass is 283 g/mol. The highest BCUT2D eigenvalue weighted by Gasteiger charge is 2.26. The zero-order valence-electron chi connectivity index (χ0n) is 10.3. The molecule has 0 N–H and O–H groups in total. The number of nitrogens with zero attached hydrogens (tertiary/aromatic N) is 3. The van der Waals surface area contributed by atoms with E-state index in [1.54, 1.807) is 23.3 Å². The lowest BCUT2D eigenvalue weighted by atomic mass is 10.0. The van der Waals surface area contributed by atoms with Crippen LogP contribution >= 0.6 is 11.9 Å². The van der Waals surface area contributed by atoms with Gasteiger partial charge < -0.3 is 4.31 Å². The summed E-state index contributed by atoms with van der Waals surface area (Å²) >= 11 is 1.54. The van der Waals surface area contributed by atoms with Gasteiger partial charge in [-0.3, -0.25) is 20.2 Å². The van der Waals surface area contributed by atoms with E-state index in [0.717, 1.165) is 18.9 Å². The number of hydrogen-bond acceptors (Lipinski definition) is 6. The molecule has 0 heterocycles. The Morgan fingerprint density at radius 1 is 1.26 bits per heavy atom. The van der Waals surface area contributed by atoms with Crippen molar-refractivity contribution < 1.29 is 9.85 Å². The summed E-state index contributed by atoms with van der Waals surface area (Å²) in [5, 5.41) is 22.2. The molecular formula is C11H13N3O4S. The van der Waals surface area contributed by atoms with Crippen molar-refractivity contribution in [3.05, 3.63) is 38.4 Å². The molecule has 8 heteroatoms. The predicted octanol–water partition coefficient (Wildman–Crippen LogP) is 3.14. The zero-order valence-corrected chi connectivity index (χ0v) is 11.1. The summed E-state index contributed by atoms with van der Waals surface area (Å²) in [6.07, 6.45) is 3.40. The zero-order chi connectivity index (χ0) is 14.0. The molecule has 0 radical (unpaired) electrons. The molecule has 0 aliphatic heterocycles. The summed E-state index contributed by atoms with van der Waals surface area (Å²) in [6.45, 7) is 0. The summed E-state index contributed by atoms with van der Waals surface area (Å²) in [5.74, 6) is 0. The lowest BCUT2D eigenvalue weighted by Gasteiger charge is -2.29. The molecule has 0 atom stereocenters. The first-order valence-corrected chi connectivity index (χ1v) is 6.66. The lowest BCUT2D eigenvalue weighted by molar-refractivity contribution is -0.393. The molecule has 1 aromatic rings. The van der Waals surface area contributed by atoms with Gasteiger partial charge in [0.2, 0.25) is 0 Å². The number of anilines is 1. The standard InChI is InChI=1S/C11H13N3O4S/c1-12(19-9-3-2-4-9)10-6-5-8(13(15)16)7-11(10)14(17)18/h5-7,9H,2-4H2,1H3. The average molecular weight is 283 g/mol. The van der Waals surface area contributed by atoms with Crippen molar-refractivity contribution in [2.75, 3.05) is 11.4 Å². The predicted molar refractivity (Wildman–Crippen MR) is 73.4 cm³/mol. The van der Waals surface area contributed by atoms with E-state index in [1.165, 1.54) is 18.6 Å². The van der Waals surface area contributed by atoms with Gasteiger partial charge in [0.1, 0.15) is 5.69 Å². The third-order valence-corrected chi connectivity index (χ3v) is 4.35. The Morgan fingerprint density at radius 2 is 1.95 bits per heavy atom. The van der Waals surface area contributed by atoms with Gasteiger partial charge in [0, 0.05) is 18.4 Å². The molecule has 0 bridgehead atoms. The highest BCUT2D eigenvalue weighted by Crippen LogP contribution is 2.39. The van der Waals surface area contributed by atoms with Crippen LogP contribution < -0.4 is 4.31 Å². The highest BCUT2D eigenvalue weighted by molar-refractivity contribution is 8.01. The summed E-state index contributed by atoms with van der Waals surface area (Å²) < 4.78 is 1.73. The maximum Gasteiger partial charge on any atom is 0.300 e. The topological polar surface area (TPSA) is 89.5 Å². The molecule has 7 nitrogen and oxygen atoms in total. The summed E-state index contributed by atoms with van der Waals surface area (Å²) in [5.41, 5.74) is -0.103. The maximum absolute atomic E-state index is 11.0. The second-order valence-corrected chi connectivity index (χ2v) is 5.77. The van der Waals surface area contributed by atoms with Crippen molar-refractivity contribution in [1.29, 1.82) is 0 Å². The summed E-state index contributed by atoms with van der Waals surface area (Å²) in [7, 11) is 1.75. The van der Waals surface area contributed by atoms with Crippen LogP contribution in [0.1, 0.15) is 19.3 Å². The van der Waals surface area contributed by atoms with Crippen molar-refractivity contribution in [2.45, 2.75) is 24.5 Å². The Hall–Kier alpha value is -1.83. The van der Waals surface area contributed by atoms with E-state index in [4.69, 9.17) is 0 Å². The minimum absolute atomic E-state index is 0.233. The summed E-state index contributed by atoms with van der Waals surface area (Å²) in [4.78, 5) is 20.5. The molecule has 1 aliphatic rings. The first-order chi connectivity index (χ1) is 8.99. The van der Waals surface area contributed by atoms with Crippen LogP contribution in [0.4, 0.5) is 17.1 Å². The van der Waals surface area contributed by atoms with Gasteiger partial charge in [0.15, 0.2) is 0 Å². The molecule has 1 aromatic carbocycles. The van der Waals surface area contributed by atoms with Crippen LogP contribution in [0.25, 0.3) is 0 Å². The normalized spacial score (nSPS) is 14.8. The highest BCUT2D eigenvalue weighted by atomic mass is 32.2. The number of nitro groups is 2. The molecule has 102 valence electrons. The van der Waals surface area contributed by atoms with Gasteiger partial charge in [-0.15, -0.1) is 0 Å². The van der Waals surface area contributed by atoms with E-state index in [1.807, 2.05) is 0 Å². The fourth-order valence-corrected chi connectivity index (χ4v) is 3.05. The Bertz CT molecular complexity index is 519. The van der Waals surface area contributed by atoms with Crippen LogP contribution in [0.15, 0.2) is 18.2 Å². The largest absolute Gasteiger partial charge is 0.313 e. The van der Waals surface area contributed by atoms with Crippen LogP contribution in [0.5, 0.6) is 0 Å². The van der Waals surface area contributed by atoms with E-state index < -0.39 is 9.85 Å². The first-order valence-electron chi connectivity index (χ1n) is 5.82.